The van der Waals surface area contributed by atoms with Crippen LogP contribution in [0.15, 0.2) is 0 Å². The molecule has 1 aliphatic carbocycles. The van der Waals surface area contributed by atoms with Crippen molar-refractivity contribution in [2.45, 2.75) is 77.3 Å². The average Bonchev–Trinajstić information content (AvgIpc) is 2.88. The van der Waals surface area contributed by atoms with E-state index in [2.05, 4.69) is 32.7 Å². The first-order chi connectivity index (χ1) is 8.09. The number of likely N-dealkylation sites (N-methyl/N-ethyl adjacent to an activating group) is 1. The van der Waals surface area contributed by atoms with E-state index >= 15 is 0 Å². The van der Waals surface area contributed by atoms with Crippen molar-refractivity contribution in [2.24, 2.45) is 11.7 Å². The molecule has 0 spiro atoms. The van der Waals surface area contributed by atoms with E-state index in [4.69, 9.17) is 5.73 Å². The van der Waals surface area contributed by atoms with E-state index in [0.717, 1.165) is 18.5 Å². The maximum absolute atomic E-state index is 6.15. The normalized spacial score (nSPS) is 22.9. The Balaban J connectivity index is 2.73. The van der Waals surface area contributed by atoms with Gasteiger partial charge in [0.25, 0.3) is 0 Å². The summed E-state index contributed by atoms with van der Waals surface area (Å²) in [5.74, 6) is 0.780. The van der Waals surface area contributed by atoms with Crippen molar-refractivity contribution in [2.75, 3.05) is 13.6 Å². The molecule has 0 heterocycles. The molecule has 0 aromatic heterocycles. The molecule has 0 amide bonds. The molecule has 2 heteroatoms. The summed E-state index contributed by atoms with van der Waals surface area (Å²) in [5.41, 5.74) is 6.39. The van der Waals surface area contributed by atoms with E-state index in [1.165, 1.54) is 44.9 Å². The second kappa shape index (κ2) is 6.75. The van der Waals surface area contributed by atoms with Gasteiger partial charge in [0, 0.05) is 18.1 Å². The van der Waals surface area contributed by atoms with Crippen molar-refractivity contribution in [3.8, 4) is 0 Å². The van der Waals surface area contributed by atoms with Gasteiger partial charge < -0.3 is 5.73 Å². The monoisotopic (exact) mass is 240 g/mol. The molecule has 1 fully saturated rings. The van der Waals surface area contributed by atoms with Crippen molar-refractivity contribution in [3.05, 3.63) is 0 Å². The zero-order chi connectivity index (χ0) is 12.9. The van der Waals surface area contributed by atoms with Gasteiger partial charge in [0.05, 0.1) is 0 Å². The smallest absolute Gasteiger partial charge is 0.0331 e. The summed E-state index contributed by atoms with van der Waals surface area (Å²) >= 11 is 0. The van der Waals surface area contributed by atoms with Gasteiger partial charge in [0.15, 0.2) is 0 Å². The maximum atomic E-state index is 6.15. The molecule has 2 atom stereocenters. The number of nitrogens with two attached hydrogens (primary N) is 1. The standard InChI is InChI=1S/C15H32N2/c1-5-13(3)11-15(6-2,12-16)17(4)14-9-7-8-10-14/h13-14H,5-12,16H2,1-4H3. The van der Waals surface area contributed by atoms with Gasteiger partial charge in [-0.3, -0.25) is 4.90 Å². The van der Waals surface area contributed by atoms with Crippen LogP contribution in [-0.2, 0) is 0 Å². The molecule has 0 aliphatic heterocycles. The number of hydrogen-bond donors (Lipinski definition) is 1. The highest BCUT2D eigenvalue weighted by Crippen LogP contribution is 2.33. The lowest BCUT2D eigenvalue weighted by Gasteiger charge is -2.45. The summed E-state index contributed by atoms with van der Waals surface area (Å²) in [5, 5.41) is 0. The molecule has 0 bridgehead atoms. The van der Waals surface area contributed by atoms with E-state index in [1.807, 2.05) is 0 Å². The lowest BCUT2D eigenvalue weighted by molar-refractivity contribution is 0.0535. The fraction of sp³-hybridized carbons (Fsp3) is 1.00. The number of hydrogen-bond acceptors (Lipinski definition) is 2. The second-order valence-electron chi connectivity index (χ2n) is 6.05. The van der Waals surface area contributed by atoms with Crippen molar-refractivity contribution in [1.29, 1.82) is 0 Å². The van der Waals surface area contributed by atoms with E-state index < -0.39 is 0 Å². The van der Waals surface area contributed by atoms with Crippen LogP contribution in [0.25, 0.3) is 0 Å². The minimum atomic E-state index is 0.241. The summed E-state index contributed by atoms with van der Waals surface area (Å²) in [4.78, 5) is 2.63. The van der Waals surface area contributed by atoms with Gasteiger partial charge in [0.2, 0.25) is 0 Å². The Labute approximate surface area is 108 Å². The molecule has 0 radical (unpaired) electrons. The molecule has 2 N–H and O–H groups in total. The van der Waals surface area contributed by atoms with E-state index in [-0.39, 0.29) is 5.54 Å². The zero-order valence-corrected chi connectivity index (χ0v) is 12.3. The van der Waals surface area contributed by atoms with Crippen molar-refractivity contribution in [1.82, 2.24) is 4.90 Å². The molecular weight excluding hydrogens is 208 g/mol. The quantitative estimate of drug-likeness (QED) is 0.739. The van der Waals surface area contributed by atoms with E-state index in [9.17, 15) is 0 Å². The highest BCUT2D eigenvalue weighted by molar-refractivity contribution is 4.94. The van der Waals surface area contributed by atoms with Crippen LogP contribution in [0, 0.1) is 5.92 Å². The highest BCUT2D eigenvalue weighted by atomic mass is 15.2. The first kappa shape index (κ1) is 15.0. The Hall–Kier alpha value is -0.0800. The third-order valence-electron chi connectivity index (χ3n) is 5.08. The van der Waals surface area contributed by atoms with Crippen LogP contribution in [0.5, 0.6) is 0 Å². The molecule has 2 unspecified atom stereocenters. The third kappa shape index (κ3) is 3.45. The summed E-state index contributed by atoms with van der Waals surface area (Å²) < 4.78 is 0. The lowest BCUT2D eigenvalue weighted by atomic mass is 9.82. The van der Waals surface area contributed by atoms with Crippen LogP contribution in [0.1, 0.15) is 65.7 Å². The lowest BCUT2D eigenvalue weighted by Crippen LogP contribution is -2.55. The van der Waals surface area contributed by atoms with Crippen molar-refractivity contribution >= 4 is 0 Å². The van der Waals surface area contributed by atoms with Crippen LogP contribution in [0.2, 0.25) is 0 Å². The topological polar surface area (TPSA) is 29.3 Å². The summed E-state index contributed by atoms with van der Waals surface area (Å²) in [7, 11) is 2.31. The number of rotatable bonds is 7. The molecule has 0 aromatic rings. The predicted molar refractivity (Wildman–Crippen MR) is 76.2 cm³/mol. The van der Waals surface area contributed by atoms with Crippen LogP contribution in [-0.4, -0.2) is 30.1 Å². The highest BCUT2D eigenvalue weighted by Gasteiger charge is 2.37. The molecule has 1 rings (SSSR count). The van der Waals surface area contributed by atoms with Crippen molar-refractivity contribution in [3.63, 3.8) is 0 Å². The number of nitrogens with zero attached hydrogens (tertiary/aromatic N) is 1. The molecule has 0 saturated heterocycles. The molecule has 102 valence electrons. The SMILES string of the molecule is CCC(C)CC(CC)(CN)N(C)C1CCCC1. The van der Waals surface area contributed by atoms with Crippen LogP contribution < -0.4 is 5.73 Å². The first-order valence-electron chi connectivity index (χ1n) is 7.52. The largest absolute Gasteiger partial charge is 0.329 e. The molecule has 2 nitrogen and oxygen atoms in total. The molecule has 17 heavy (non-hydrogen) atoms. The Morgan fingerprint density at radius 1 is 1.29 bits per heavy atom. The second-order valence-corrected chi connectivity index (χ2v) is 6.05. The minimum Gasteiger partial charge on any atom is -0.329 e. The van der Waals surface area contributed by atoms with Gasteiger partial charge in [-0.2, -0.15) is 0 Å². The van der Waals surface area contributed by atoms with Gasteiger partial charge in [-0.25, -0.2) is 0 Å². The van der Waals surface area contributed by atoms with Gasteiger partial charge in [-0.15, -0.1) is 0 Å². The maximum Gasteiger partial charge on any atom is 0.0331 e. The fourth-order valence-electron chi connectivity index (χ4n) is 3.38. The van der Waals surface area contributed by atoms with Gasteiger partial charge >= 0.3 is 0 Å². The summed E-state index contributed by atoms with van der Waals surface area (Å²) in [6, 6.07) is 0.780. The Kier molecular flexibility index (Phi) is 5.94. The van der Waals surface area contributed by atoms with Crippen LogP contribution in [0.4, 0.5) is 0 Å². The molecular formula is C15H32N2. The summed E-state index contributed by atoms with van der Waals surface area (Å²) in [6.07, 6.45) is 9.26. The van der Waals surface area contributed by atoms with Crippen molar-refractivity contribution < 1.29 is 0 Å². The Morgan fingerprint density at radius 2 is 1.88 bits per heavy atom. The first-order valence-corrected chi connectivity index (χ1v) is 7.52. The average molecular weight is 240 g/mol. The van der Waals surface area contributed by atoms with E-state index in [1.54, 1.807) is 0 Å². The Morgan fingerprint density at radius 3 is 2.29 bits per heavy atom. The Bertz CT molecular complexity index is 205. The van der Waals surface area contributed by atoms with Crippen LogP contribution in [0.3, 0.4) is 0 Å². The fourth-order valence-corrected chi connectivity index (χ4v) is 3.38. The third-order valence-corrected chi connectivity index (χ3v) is 5.08. The predicted octanol–water partition coefficient (Wildman–Crippen LogP) is 3.40. The molecule has 0 aromatic carbocycles. The zero-order valence-electron chi connectivity index (χ0n) is 12.3. The summed E-state index contributed by atoms with van der Waals surface area (Å²) in [6.45, 7) is 7.77. The van der Waals surface area contributed by atoms with E-state index in [0.29, 0.717) is 0 Å². The molecule has 1 aliphatic rings. The van der Waals surface area contributed by atoms with Gasteiger partial charge in [-0.05, 0) is 38.6 Å². The minimum absolute atomic E-state index is 0.241. The molecule has 1 saturated carbocycles. The van der Waals surface area contributed by atoms with Gasteiger partial charge in [0.1, 0.15) is 0 Å². The van der Waals surface area contributed by atoms with Gasteiger partial charge in [-0.1, -0.05) is 40.0 Å². The van der Waals surface area contributed by atoms with Crippen LogP contribution >= 0.6 is 0 Å².